The van der Waals surface area contributed by atoms with Crippen LogP contribution in [0.3, 0.4) is 0 Å². The molecule has 1 unspecified atom stereocenters. The number of ether oxygens (including phenoxy) is 1. The summed E-state index contributed by atoms with van der Waals surface area (Å²) in [4.78, 5) is 20.9. The fourth-order valence-electron chi connectivity index (χ4n) is 2.47. The Labute approximate surface area is 154 Å². The van der Waals surface area contributed by atoms with Gasteiger partial charge in [0.1, 0.15) is 16.0 Å². The third-order valence-corrected chi connectivity index (χ3v) is 5.12. The van der Waals surface area contributed by atoms with Crippen molar-refractivity contribution >= 4 is 28.8 Å². The van der Waals surface area contributed by atoms with Crippen molar-refractivity contribution in [3.63, 3.8) is 0 Å². The van der Waals surface area contributed by atoms with E-state index in [1.807, 2.05) is 36.4 Å². The number of pyridine rings is 1. The van der Waals surface area contributed by atoms with E-state index in [0.29, 0.717) is 27.0 Å². The fourth-order valence-corrected chi connectivity index (χ4v) is 3.57. The van der Waals surface area contributed by atoms with Crippen LogP contribution in [0.4, 0.5) is 0 Å². The summed E-state index contributed by atoms with van der Waals surface area (Å²) < 4.78 is 5.60. The summed E-state index contributed by atoms with van der Waals surface area (Å²) in [6.45, 7) is 0. The topological polar surface area (TPSA) is 78.1 Å². The highest BCUT2D eigenvalue weighted by atomic mass is 35.5. The Hall–Kier alpha value is -2.28. The molecule has 5 nitrogen and oxygen atoms in total. The average molecular weight is 374 g/mol. The van der Waals surface area contributed by atoms with Gasteiger partial charge in [0, 0.05) is 36.5 Å². The van der Waals surface area contributed by atoms with Crippen molar-refractivity contribution in [3.8, 4) is 10.6 Å². The molecule has 0 aliphatic heterocycles. The minimum atomic E-state index is -0.508. The largest absolute Gasteiger partial charge is 0.375 e. The molecule has 0 aliphatic rings. The van der Waals surface area contributed by atoms with Crippen LogP contribution < -0.4 is 5.73 Å². The predicted octanol–water partition coefficient (Wildman–Crippen LogP) is 3.89. The molecule has 128 valence electrons. The molecule has 3 rings (SSSR count). The molecule has 0 spiro atoms. The number of benzene rings is 1. The zero-order valence-corrected chi connectivity index (χ0v) is 15.1. The van der Waals surface area contributed by atoms with Crippen LogP contribution in [0.15, 0.2) is 48.8 Å². The van der Waals surface area contributed by atoms with Gasteiger partial charge in [0.25, 0.3) is 5.91 Å². The lowest BCUT2D eigenvalue weighted by atomic mass is 10.0. The zero-order valence-electron chi connectivity index (χ0n) is 13.5. The van der Waals surface area contributed by atoms with Gasteiger partial charge in [-0.25, -0.2) is 4.98 Å². The summed E-state index contributed by atoms with van der Waals surface area (Å²) in [5, 5.41) is 1.38. The lowest BCUT2D eigenvalue weighted by Gasteiger charge is -2.14. The summed E-state index contributed by atoms with van der Waals surface area (Å²) in [5.74, 6) is -0.508. The third-order valence-electron chi connectivity index (χ3n) is 3.73. The second-order valence-corrected chi connectivity index (χ2v) is 6.82. The Morgan fingerprint density at radius 1 is 1.24 bits per heavy atom. The first kappa shape index (κ1) is 17.5. The lowest BCUT2D eigenvalue weighted by Crippen LogP contribution is -2.15. The molecular weight excluding hydrogens is 358 g/mol. The van der Waals surface area contributed by atoms with Gasteiger partial charge in [-0.1, -0.05) is 23.7 Å². The summed E-state index contributed by atoms with van der Waals surface area (Å²) in [7, 11) is 1.59. The lowest BCUT2D eigenvalue weighted by molar-refractivity contribution is 0.0935. The molecule has 1 atom stereocenters. The molecule has 0 aliphatic carbocycles. The van der Waals surface area contributed by atoms with Crippen molar-refractivity contribution in [1.29, 1.82) is 0 Å². The number of nitrogens with two attached hydrogens (primary N) is 1. The highest BCUT2D eigenvalue weighted by Crippen LogP contribution is 2.33. The second kappa shape index (κ2) is 7.74. The van der Waals surface area contributed by atoms with E-state index in [4.69, 9.17) is 22.1 Å². The van der Waals surface area contributed by atoms with E-state index >= 15 is 0 Å². The molecule has 0 radical (unpaired) electrons. The highest BCUT2D eigenvalue weighted by molar-refractivity contribution is 7.17. The molecule has 3 aromatic rings. The monoisotopic (exact) mass is 373 g/mol. The zero-order chi connectivity index (χ0) is 17.8. The number of rotatable bonds is 6. The van der Waals surface area contributed by atoms with Crippen LogP contribution in [0.25, 0.3) is 10.6 Å². The van der Waals surface area contributed by atoms with Crippen LogP contribution in [0.5, 0.6) is 0 Å². The summed E-state index contributed by atoms with van der Waals surface area (Å²) in [6.07, 6.45) is 3.55. The second-order valence-electron chi connectivity index (χ2n) is 5.39. The van der Waals surface area contributed by atoms with Gasteiger partial charge in [0.05, 0.1) is 5.69 Å². The van der Waals surface area contributed by atoms with Crippen LogP contribution in [-0.2, 0) is 11.2 Å². The predicted molar refractivity (Wildman–Crippen MR) is 98.8 cm³/mol. The number of carbonyl (C=O) groups is 1. The molecule has 2 N–H and O–H groups in total. The Kier molecular flexibility index (Phi) is 5.43. The van der Waals surface area contributed by atoms with E-state index in [0.717, 1.165) is 11.1 Å². The third kappa shape index (κ3) is 4.04. The maximum Gasteiger partial charge on any atom is 0.260 e. The normalized spacial score (nSPS) is 12.1. The molecule has 0 fully saturated rings. The first-order valence-electron chi connectivity index (χ1n) is 7.56. The number of aromatic nitrogens is 2. The fraction of sp³-hybridized carbons (Fsp3) is 0.167. The van der Waals surface area contributed by atoms with Crippen molar-refractivity contribution < 1.29 is 9.53 Å². The Morgan fingerprint density at radius 3 is 2.52 bits per heavy atom. The highest BCUT2D eigenvalue weighted by Gasteiger charge is 2.24. The Bertz CT molecular complexity index is 866. The van der Waals surface area contributed by atoms with E-state index in [-0.39, 0.29) is 6.10 Å². The smallest absolute Gasteiger partial charge is 0.260 e. The number of thiazole rings is 1. The molecular formula is C18H16ClN3O2S. The number of halogens is 1. The molecule has 1 amide bonds. The number of amides is 1. The molecule has 2 aromatic heterocycles. The number of primary amides is 1. The minimum Gasteiger partial charge on any atom is -0.375 e. The van der Waals surface area contributed by atoms with Gasteiger partial charge < -0.3 is 10.5 Å². The van der Waals surface area contributed by atoms with Crippen LogP contribution >= 0.6 is 22.9 Å². The molecule has 0 saturated carbocycles. The molecule has 25 heavy (non-hydrogen) atoms. The Balaban J connectivity index is 1.96. The average Bonchev–Trinajstić information content (AvgIpc) is 3.07. The van der Waals surface area contributed by atoms with Crippen molar-refractivity contribution in [1.82, 2.24) is 9.97 Å². The Morgan fingerprint density at radius 2 is 1.92 bits per heavy atom. The first-order valence-corrected chi connectivity index (χ1v) is 8.76. The van der Waals surface area contributed by atoms with Gasteiger partial charge in [-0.05, 0) is 29.8 Å². The number of carbonyl (C=O) groups excluding carboxylic acids is 1. The van der Waals surface area contributed by atoms with Gasteiger partial charge in [0.2, 0.25) is 0 Å². The van der Waals surface area contributed by atoms with E-state index in [9.17, 15) is 4.79 Å². The number of nitrogens with zero attached hydrogens (tertiary/aromatic N) is 2. The number of hydrogen-bond acceptors (Lipinski definition) is 5. The molecule has 0 saturated heterocycles. The van der Waals surface area contributed by atoms with Crippen molar-refractivity contribution in [2.75, 3.05) is 7.11 Å². The van der Waals surface area contributed by atoms with Gasteiger partial charge in [-0.15, -0.1) is 11.3 Å². The number of methoxy groups -OCH3 is 1. The first-order chi connectivity index (χ1) is 12.1. The maximum atomic E-state index is 11.9. The summed E-state index contributed by atoms with van der Waals surface area (Å²) >= 11 is 7.19. The van der Waals surface area contributed by atoms with E-state index in [2.05, 4.69) is 9.97 Å². The van der Waals surface area contributed by atoms with E-state index < -0.39 is 5.91 Å². The van der Waals surface area contributed by atoms with Crippen molar-refractivity contribution in [2.45, 2.75) is 12.5 Å². The van der Waals surface area contributed by atoms with Gasteiger partial charge in [-0.3, -0.25) is 9.78 Å². The van der Waals surface area contributed by atoms with E-state index in [1.165, 1.54) is 11.3 Å². The van der Waals surface area contributed by atoms with Crippen molar-refractivity contribution in [2.24, 2.45) is 5.73 Å². The summed E-state index contributed by atoms with van der Waals surface area (Å²) in [6, 6.07) is 11.2. The standard InChI is InChI=1S/C18H16ClN3O2S/c1-24-14(10-11-2-4-13(19)5-3-11)15-16(17(20)23)25-18(22-15)12-6-8-21-9-7-12/h2-9,14H,10H2,1H3,(H2,20,23). The van der Waals surface area contributed by atoms with Crippen molar-refractivity contribution in [3.05, 3.63) is 69.9 Å². The summed E-state index contributed by atoms with van der Waals surface area (Å²) in [5.41, 5.74) is 8.03. The van der Waals surface area contributed by atoms with E-state index in [1.54, 1.807) is 19.5 Å². The molecule has 2 heterocycles. The van der Waals surface area contributed by atoms with Crippen LogP contribution in [0.1, 0.15) is 27.0 Å². The SMILES string of the molecule is COC(Cc1ccc(Cl)cc1)c1nc(-c2ccncc2)sc1C(N)=O. The van der Waals surface area contributed by atoms with Gasteiger partial charge in [0.15, 0.2) is 0 Å². The minimum absolute atomic E-state index is 0.379. The van der Waals surface area contributed by atoms with Gasteiger partial charge in [-0.2, -0.15) is 0 Å². The van der Waals surface area contributed by atoms with Crippen LogP contribution in [0.2, 0.25) is 5.02 Å². The molecule has 0 bridgehead atoms. The molecule has 7 heteroatoms. The quantitative estimate of drug-likeness (QED) is 0.711. The van der Waals surface area contributed by atoms with Gasteiger partial charge >= 0.3 is 0 Å². The van der Waals surface area contributed by atoms with Crippen LogP contribution in [-0.4, -0.2) is 23.0 Å². The molecule has 1 aromatic carbocycles. The number of hydrogen-bond donors (Lipinski definition) is 1. The maximum absolute atomic E-state index is 11.9. The van der Waals surface area contributed by atoms with Crippen LogP contribution in [0, 0.1) is 0 Å².